The van der Waals surface area contributed by atoms with E-state index < -0.39 is 0 Å². The third-order valence-electron chi connectivity index (χ3n) is 2.51. The van der Waals surface area contributed by atoms with Crippen LogP contribution in [0.25, 0.3) is 0 Å². The van der Waals surface area contributed by atoms with Crippen molar-refractivity contribution in [1.29, 1.82) is 0 Å². The summed E-state index contributed by atoms with van der Waals surface area (Å²) in [7, 11) is 6.54. The topological polar surface area (TPSA) is 147 Å². The smallest absolute Gasteiger partial charge is 0.0697 e. The van der Waals surface area contributed by atoms with Crippen molar-refractivity contribution in [3.63, 3.8) is 0 Å². The van der Waals surface area contributed by atoms with Crippen LogP contribution in [0.15, 0.2) is 0 Å². The van der Waals surface area contributed by atoms with Gasteiger partial charge >= 0.3 is 0 Å². The van der Waals surface area contributed by atoms with Crippen molar-refractivity contribution in [2.24, 2.45) is 0 Å². The summed E-state index contributed by atoms with van der Waals surface area (Å²) in [6.07, 6.45) is 2.93. The Morgan fingerprint density at radius 1 is 0.433 bits per heavy atom. The fourth-order valence-electron chi connectivity index (χ4n) is 1.02. The minimum Gasteiger partial charge on any atom is -0.396 e. The van der Waals surface area contributed by atoms with Gasteiger partial charge in [-0.25, -0.2) is 0 Å². The molecule has 0 atom stereocenters. The molecule has 0 aliphatic carbocycles. The van der Waals surface area contributed by atoms with E-state index in [1.54, 1.807) is 28.4 Å². The minimum atomic E-state index is 0.133. The zero-order valence-corrected chi connectivity index (χ0v) is 19.9. The lowest BCUT2D eigenvalue weighted by molar-refractivity contribution is 0.102. The molecule has 0 rings (SSSR count). The van der Waals surface area contributed by atoms with Crippen LogP contribution in [0.3, 0.4) is 0 Å². The lowest BCUT2D eigenvalue weighted by Gasteiger charge is -1.91. The van der Waals surface area contributed by atoms with Crippen molar-refractivity contribution in [2.75, 3.05) is 101 Å². The van der Waals surface area contributed by atoms with Crippen LogP contribution in [0, 0.1) is 0 Å². The zero-order chi connectivity index (χ0) is 24.1. The number of aliphatic hydroxyl groups excluding tert-OH is 5. The molecule has 0 fully saturated rings. The number of aliphatic hydroxyl groups is 5. The van der Waals surface area contributed by atoms with Crippen LogP contribution in [0.2, 0.25) is 0 Å². The van der Waals surface area contributed by atoms with Gasteiger partial charge in [0.05, 0.1) is 26.4 Å². The van der Waals surface area contributed by atoms with E-state index in [1.807, 2.05) is 6.92 Å². The molecule has 5 N–H and O–H groups in total. The Kier molecular flexibility index (Phi) is 75.6. The van der Waals surface area contributed by atoms with Crippen molar-refractivity contribution >= 4 is 0 Å². The maximum absolute atomic E-state index is 8.12. The highest BCUT2D eigenvalue weighted by atomic mass is 16.5. The van der Waals surface area contributed by atoms with E-state index in [2.05, 4.69) is 18.9 Å². The van der Waals surface area contributed by atoms with Crippen LogP contribution in [0.4, 0.5) is 0 Å². The standard InChI is InChI=1S/5C4H10O2/c1-5-3-4-6-2;2*1-6-4-2-3-5;1-2-6-4-3-5;5-3-1-2-4-6/h3-4H2,1-2H3;3*5H,2-4H2,1H3;5-6H,1-4H2. The average molecular weight is 451 g/mol. The minimum absolute atomic E-state index is 0.133. The Morgan fingerprint density at radius 3 is 0.900 bits per heavy atom. The van der Waals surface area contributed by atoms with Crippen LogP contribution in [-0.4, -0.2) is 127 Å². The van der Waals surface area contributed by atoms with Gasteiger partial charge in [-0.15, -0.1) is 0 Å². The molecule has 0 bridgehead atoms. The first kappa shape index (κ1) is 40.0. The van der Waals surface area contributed by atoms with Gasteiger partial charge in [-0.2, -0.15) is 0 Å². The fourth-order valence-corrected chi connectivity index (χ4v) is 1.02. The molecule has 0 aliphatic rings. The molecular formula is C20H50O10. The lowest BCUT2D eigenvalue weighted by Crippen LogP contribution is -1.96. The van der Waals surface area contributed by atoms with Crippen LogP contribution >= 0.6 is 0 Å². The van der Waals surface area contributed by atoms with Crippen LogP contribution in [0.5, 0.6) is 0 Å². The SMILES string of the molecule is CCOCCO.COCCCO.COCCCO.COCCOC.OCCCCO. The van der Waals surface area contributed by atoms with Crippen molar-refractivity contribution in [2.45, 2.75) is 32.6 Å². The summed E-state index contributed by atoms with van der Waals surface area (Å²) in [5.74, 6) is 0. The van der Waals surface area contributed by atoms with Gasteiger partial charge < -0.3 is 49.2 Å². The Labute approximate surface area is 183 Å². The Bertz CT molecular complexity index is 134. The summed E-state index contributed by atoms with van der Waals surface area (Å²) in [6.45, 7) is 6.75. The highest BCUT2D eigenvalue weighted by Gasteiger charge is 1.78. The molecule has 0 heterocycles. The molecule has 0 aromatic rings. The van der Waals surface area contributed by atoms with Gasteiger partial charge in [-0.3, -0.25) is 0 Å². The Balaban J connectivity index is -0.0000000868. The molecule has 190 valence electrons. The van der Waals surface area contributed by atoms with E-state index in [0.717, 1.165) is 25.7 Å². The Morgan fingerprint density at radius 2 is 0.767 bits per heavy atom. The van der Waals surface area contributed by atoms with Crippen LogP contribution < -0.4 is 0 Å². The van der Waals surface area contributed by atoms with Gasteiger partial charge in [-0.1, -0.05) is 0 Å². The van der Waals surface area contributed by atoms with Crippen molar-refractivity contribution in [3.05, 3.63) is 0 Å². The van der Waals surface area contributed by atoms with Gasteiger partial charge in [0.15, 0.2) is 0 Å². The molecule has 0 aromatic heterocycles. The molecule has 0 saturated heterocycles. The molecule has 0 aliphatic heterocycles. The van der Waals surface area contributed by atoms with E-state index in [1.165, 1.54) is 0 Å². The van der Waals surface area contributed by atoms with Gasteiger partial charge in [0.25, 0.3) is 0 Å². The van der Waals surface area contributed by atoms with Crippen LogP contribution in [0.1, 0.15) is 32.6 Å². The summed E-state index contributed by atoms with van der Waals surface area (Å²) in [5.41, 5.74) is 0. The lowest BCUT2D eigenvalue weighted by atomic mass is 10.3. The summed E-state index contributed by atoms with van der Waals surface area (Å²) < 4.78 is 23.3. The van der Waals surface area contributed by atoms with Gasteiger partial charge in [0, 0.05) is 74.7 Å². The molecule has 0 spiro atoms. The number of ether oxygens (including phenoxy) is 5. The van der Waals surface area contributed by atoms with E-state index in [9.17, 15) is 0 Å². The molecule has 30 heavy (non-hydrogen) atoms. The summed E-state index contributed by atoms with van der Waals surface area (Å²) in [4.78, 5) is 0. The van der Waals surface area contributed by atoms with Gasteiger partial charge in [0.1, 0.15) is 0 Å². The molecular weight excluding hydrogens is 400 g/mol. The maximum atomic E-state index is 8.12. The second kappa shape index (κ2) is 56.7. The summed E-state index contributed by atoms with van der Waals surface area (Å²) in [5, 5.41) is 40.5. The quantitative estimate of drug-likeness (QED) is 0.217. The number of hydrogen-bond donors (Lipinski definition) is 5. The fraction of sp³-hybridized carbons (Fsp3) is 1.00. The van der Waals surface area contributed by atoms with E-state index >= 15 is 0 Å². The second-order valence-electron chi connectivity index (χ2n) is 5.20. The molecule has 0 saturated carbocycles. The highest BCUT2D eigenvalue weighted by Crippen LogP contribution is 1.80. The highest BCUT2D eigenvalue weighted by molar-refractivity contribution is 4.30. The first-order chi connectivity index (χ1) is 14.6. The van der Waals surface area contributed by atoms with Crippen LogP contribution in [-0.2, 0) is 23.7 Å². The third-order valence-corrected chi connectivity index (χ3v) is 2.51. The zero-order valence-electron chi connectivity index (χ0n) is 19.9. The van der Waals surface area contributed by atoms with E-state index in [-0.39, 0.29) is 33.0 Å². The molecule has 10 heteroatoms. The number of unbranched alkanes of at least 4 members (excludes halogenated alkanes) is 1. The molecule has 0 radical (unpaired) electrons. The predicted molar refractivity (Wildman–Crippen MR) is 118 cm³/mol. The monoisotopic (exact) mass is 450 g/mol. The first-order valence-corrected chi connectivity index (χ1v) is 10.2. The molecule has 0 amide bonds. The summed E-state index contributed by atoms with van der Waals surface area (Å²) in [6, 6.07) is 0. The van der Waals surface area contributed by atoms with Crippen molar-refractivity contribution in [3.8, 4) is 0 Å². The van der Waals surface area contributed by atoms with Gasteiger partial charge in [0.2, 0.25) is 0 Å². The van der Waals surface area contributed by atoms with E-state index in [4.69, 9.17) is 30.3 Å². The van der Waals surface area contributed by atoms with E-state index in [0.29, 0.717) is 39.6 Å². The first-order valence-electron chi connectivity index (χ1n) is 10.2. The summed E-state index contributed by atoms with van der Waals surface area (Å²) >= 11 is 0. The third kappa shape index (κ3) is 91.6. The molecule has 0 aromatic carbocycles. The van der Waals surface area contributed by atoms with Gasteiger partial charge in [-0.05, 0) is 32.6 Å². The number of methoxy groups -OCH3 is 4. The normalized spacial score (nSPS) is 9.00. The molecule has 10 nitrogen and oxygen atoms in total. The second-order valence-corrected chi connectivity index (χ2v) is 5.20. The Hall–Kier alpha value is -0.400. The van der Waals surface area contributed by atoms with Crippen molar-refractivity contribution in [1.82, 2.24) is 0 Å². The number of hydrogen-bond acceptors (Lipinski definition) is 10. The number of rotatable bonds is 15. The maximum Gasteiger partial charge on any atom is 0.0697 e. The average Bonchev–Trinajstić information content (AvgIpc) is 2.78. The largest absolute Gasteiger partial charge is 0.396 e. The van der Waals surface area contributed by atoms with Crippen molar-refractivity contribution < 1.29 is 49.2 Å². The predicted octanol–water partition coefficient (Wildman–Crippen LogP) is 0.0760. The molecule has 0 unspecified atom stereocenters.